The van der Waals surface area contributed by atoms with Gasteiger partial charge in [0.2, 0.25) is 0 Å². The number of halogens is 1. The highest BCUT2D eigenvalue weighted by atomic mass is 19.1. The SMILES string of the molecule is CCNC(=NCC1(c2ccccc2F)CC1)N(C)Cc1cccn1C. The number of benzene rings is 1. The van der Waals surface area contributed by atoms with Gasteiger partial charge in [-0.25, -0.2) is 4.39 Å². The molecule has 0 atom stereocenters. The summed E-state index contributed by atoms with van der Waals surface area (Å²) in [5.41, 5.74) is 1.90. The van der Waals surface area contributed by atoms with Crippen molar-refractivity contribution in [3.63, 3.8) is 0 Å². The Morgan fingerprint density at radius 3 is 2.64 bits per heavy atom. The van der Waals surface area contributed by atoms with Crippen molar-refractivity contribution in [3.8, 4) is 0 Å². The molecule has 1 heterocycles. The maximum absolute atomic E-state index is 14.2. The van der Waals surface area contributed by atoms with Crippen LogP contribution in [0.2, 0.25) is 0 Å². The van der Waals surface area contributed by atoms with Crippen molar-refractivity contribution in [1.29, 1.82) is 0 Å². The molecular formula is C20H27FN4. The minimum atomic E-state index is -0.127. The molecule has 1 fully saturated rings. The van der Waals surface area contributed by atoms with Crippen LogP contribution in [-0.2, 0) is 19.0 Å². The molecule has 134 valence electrons. The van der Waals surface area contributed by atoms with Crippen LogP contribution in [0, 0.1) is 5.82 Å². The third kappa shape index (κ3) is 3.86. The number of nitrogens with one attached hydrogen (secondary N) is 1. The molecule has 4 nitrogen and oxygen atoms in total. The van der Waals surface area contributed by atoms with Gasteiger partial charge in [-0.15, -0.1) is 0 Å². The highest BCUT2D eigenvalue weighted by Crippen LogP contribution is 2.49. The lowest BCUT2D eigenvalue weighted by Gasteiger charge is -2.23. The van der Waals surface area contributed by atoms with E-state index in [1.807, 2.05) is 38.5 Å². The molecule has 5 heteroatoms. The van der Waals surface area contributed by atoms with Gasteiger partial charge in [0.05, 0.1) is 13.1 Å². The van der Waals surface area contributed by atoms with Gasteiger partial charge < -0.3 is 14.8 Å². The molecule has 1 aliphatic carbocycles. The Labute approximate surface area is 149 Å². The molecule has 0 saturated heterocycles. The fourth-order valence-electron chi connectivity index (χ4n) is 3.23. The number of aromatic nitrogens is 1. The number of nitrogens with zero attached hydrogens (tertiary/aromatic N) is 3. The Balaban J connectivity index is 1.74. The monoisotopic (exact) mass is 342 g/mol. The van der Waals surface area contributed by atoms with Crippen molar-refractivity contribution in [2.75, 3.05) is 20.1 Å². The summed E-state index contributed by atoms with van der Waals surface area (Å²) in [4.78, 5) is 6.95. The summed E-state index contributed by atoms with van der Waals surface area (Å²) in [5, 5.41) is 3.35. The summed E-state index contributed by atoms with van der Waals surface area (Å²) in [6.07, 6.45) is 4.04. The number of rotatable bonds is 6. The highest BCUT2D eigenvalue weighted by Gasteiger charge is 2.45. The number of aryl methyl sites for hydroxylation is 1. The quantitative estimate of drug-likeness (QED) is 0.645. The molecule has 0 aliphatic heterocycles. The Morgan fingerprint density at radius 2 is 2.04 bits per heavy atom. The van der Waals surface area contributed by atoms with E-state index in [1.165, 1.54) is 5.69 Å². The average molecular weight is 342 g/mol. The summed E-state index contributed by atoms with van der Waals surface area (Å²) in [6.45, 7) is 4.27. The number of hydrogen-bond donors (Lipinski definition) is 1. The molecule has 1 N–H and O–H groups in total. The normalized spacial score (nSPS) is 15.9. The van der Waals surface area contributed by atoms with E-state index in [4.69, 9.17) is 4.99 Å². The Hall–Kier alpha value is -2.30. The van der Waals surface area contributed by atoms with Gasteiger partial charge in [-0.05, 0) is 43.5 Å². The van der Waals surface area contributed by atoms with E-state index in [9.17, 15) is 4.39 Å². The van der Waals surface area contributed by atoms with Gasteiger partial charge in [-0.3, -0.25) is 4.99 Å². The first-order valence-corrected chi connectivity index (χ1v) is 8.90. The van der Waals surface area contributed by atoms with Crippen molar-refractivity contribution in [1.82, 2.24) is 14.8 Å². The third-order valence-electron chi connectivity index (χ3n) is 4.98. The van der Waals surface area contributed by atoms with Gasteiger partial charge >= 0.3 is 0 Å². The lowest BCUT2D eigenvalue weighted by molar-refractivity contribution is 0.459. The molecule has 0 amide bonds. The molecule has 1 aliphatic rings. The van der Waals surface area contributed by atoms with E-state index >= 15 is 0 Å². The van der Waals surface area contributed by atoms with Gasteiger partial charge in [-0.2, -0.15) is 0 Å². The lowest BCUT2D eigenvalue weighted by Crippen LogP contribution is -2.39. The van der Waals surface area contributed by atoms with Gasteiger partial charge in [0, 0.05) is 37.9 Å². The van der Waals surface area contributed by atoms with E-state index in [0.717, 1.165) is 37.5 Å². The molecule has 0 unspecified atom stereocenters. The number of aliphatic imine (C=N–C) groups is 1. The largest absolute Gasteiger partial charge is 0.357 e. The smallest absolute Gasteiger partial charge is 0.194 e. The van der Waals surface area contributed by atoms with E-state index in [2.05, 4.69) is 27.8 Å². The first-order chi connectivity index (χ1) is 12.1. The molecule has 0 bridgehead atoms. The molecular weight excluding hydrogens is 315 g/mol. The van der Waals surface area contributed by atoms with Crippen molar-refractivity contribution in [2.45, 2.75) is 31.7 Å². The standard InChI is InChI=1S/C20H27FN4/c1-4-22-19(25(3)14-16-8-7-13-24(16)2)23-15-20(11-12-20)17-9-5-6-10-18(17)21/h5-10,13H,4,11-12,14-15H2,1-3H3,(H,22,23). The van der Waals surface area contributed by atoms with Crippen LogP contribution in [0.4, 0.5) is 4.39 Å². The second-order valence-corrected chi connectivity index (χ2v) is 6.90. The average Bonchev–Trinajstić information content (AvgIpc) is 3.28. The predicted octanol–water partition coefficient (Wildman–Crippen LogP) is 3.29. The van der Waals surface area contributed by atoms with Crippen LogP contribution >= 0.6 is 0 Å². The second kappa shape index (κ2) is 7.30. The number of guanidine groups is 1. The van der Waals surface area contributed by atoms with Crippen molar-refractivity contribution in [2.24, 2.45) is 12.0 Å². The lowest BCUT2D eigenvalue weighted by atomic mass is 9.95. The van der Waals surface area contributed by atoms with Crippen LogP contribution in [-0.4, -0.2) is 35.6 Å². The Bertz CT molecular complexity index is 746. The van der Waals surface area contributed by atoms with Crippen LogP contribution in [0.5, 0.6) is 0 Å². The van der Waals surface area contributed by atoms with Crippen LogP contribution < -0.4 is 5.32 Å². The molecule has 0 radical (unpaired) electrons. The fraction of sp³-hybridized carbons (Fsp3) is 0.450. The van der Waals surface area contributed by atoms with Crippen molar-refractivity contribution >= 4 is 5.96 Å². The van der Waals surface area contributed by atoms with Gasteiger partial charge in [-0.1, -0.05) is 18.2 Å². The third-order valence-corrected chi connectivity index (χ3v) is 4.98. The Kier molecular flexibility index (Phi) is 5.11. The topological polar surface area (TPSA) is 32.6 Å². The van der Waals surface area contributed by atoms with Gasteiger partial charge in [0.25, 0.3) is 0 Å². The highest BCUT2D eigenvalue weighted by molar-refractivity contribution is 5.79. The minimum Gasteiger partial charge on any atom is -0.357 e. The maximum atomic E-state index is 14.2. The van der Waals surface area contributed by atoms with Crippen LogP contribution in [0.25, 0.3) is 0 Å². The van der Waals surface area contributed by atoms with Gasteiger partial charge in [0.1, 0.15) is 5.82 Å². The summed E-state index contributed by atoms with van der Waals surface area (Å²) >= 11 is 0. The zero-order valence-electron chi connectivity index (χ0n) is 15.3. The zero-order chi connectivity index (χ0) is 17.9. The van der Waals surface area contributed by atoms with Crippen molar-refractivity contribution in [3.05, 3.63) is 59.7 Å². The maximum Gasteiger partial charge on any atom is 0.194 e. The predicted molar refractivity (Wildman–Crippen MR) is 100 cm³/mol. The first-order valence-electron chi connectivity index (χ1n) is 8.90. The van der Waals surface area contributed by atoms with E-state index in [-0.39, 0.29) is 11.2 Å². The summed E-state index contributed by atoms with van der Waals surface area (Å²) < 4.78 is 16.3. The van der Waals surface area contributed by atoms with E-state index < -0.39 is 0 Å². The molecule has 0 spiro atoms. The molecule has 25 heavy (non-hydrogen) atoms. The zero-order valence-corrected chi connectivity index (χ0v) is 15.3. The van der Waals surface area contributed by atoms with Crippen LogP contribution in [0.1, 0.15) is 31.0 Å². The molecule has 1 saturated carbocycles. The summed E-state index contributed by atoms with van der Waals surface area (Å²) in [5.74, 6) is 0.753. The Morgan fingerprint density at radius 1 is 1.28 bits per heavy atom. The summed E-state index contributed by atoms with van der Waals surface area (Å²) in [7, 11) is 4.09. The summed E-state index contributed by atoms with van der Waals surface area (Å²) in [6, 6.07) is 11.3. The molecule has 1 aromatic carbocycles. The van der Waals surface area contributed by atoms with Gasteiger partial charge in [0.15, 0.2) is 5.96 Å². The van der Waals surface area contributed by atoms with Crippen LogP contribution in [0.15, 0.2) is 47.6 Å². The minimum absolute atomic E-state index is 0.114. The molecule has 3 rings (SSSR count). The fourth-order valence-corrected chi connectivity index (χ4v) is 3.23. The van der Waals surface area contributed by atoms with E-state index in [1.54, 1.807) is 12.1 Å². The van der Waals surface area contributed by atoms with Crippen LogP contribution in [0.3, 0.4) is 0 Å². The van der Waals surface area contributed by atoms with Crippen molar-refractivity contribution < 1.29 is 4.39 Å². The second-order valence-electron chi connectivity index (χ2n) is 6.90. The van der Waals surface area contributed by atoms with E-state index in [0.29, 0.717) is 6.54 Å². The molecule has 1 aromatic heterocycles. The molecule has 2 aromatic rings. The number of hydrogen-bond acceptors (Lipinski definition) is 1. The first kappa shape index (κ1) is 17.5.